The van der Waals surface area contributed by atoms with E-state index in [0.29, 0.717) is 34.4 Å². The average molecular weight is 579 g/mol. The number of carbonyl (C=O) groups is 2. The van der Waals surface area contributed by atoms with Crippen LogP contribution in [0.15, 0.2) is 85.5 Å². The second-order valence-electron chi connectivity index (χ2n) is 10.4. The van der Waals surface area contributed by atoms with Crippen molar-refractivity contribution in [2.75, 3.05) is 13.7 Å². The van der Waals surface area contributed by atoms with Crippen LogP contribution in [0, 0.1) is 13.8 Å². The molecule has 1 fully saturated rings. The van der Waals surface area contributed by atoms with Gasteiger partial charge in [-0.2, -0.15) is 0 Å². The van der Waals surface area contributed by atoms with Gasteiger partial charge in [0.25, 0.3) is 0 Å². The summed E-state index contributed by atoms with van der Waals surface area (Å²) < 4.78 is 25.0. The molecule has 218 valence electrons. The van der Waals surface area contributed by atoms with Crippen LogP contribution in [-0.4, -0.2) is 57.4 Å². The third-order valence-electron chi connectivity index (χ3n) is 7.42. The molecule has 10 heteroatoms. The Kier molecular flexibility index (Phi) is 7.84. The van der Waals surface area contributed by atoms with Crippen molar-refractivity contribution in [3.63, 3.8) is 0 Å². The zero-order valence-corrected chi connectivity index (χ0v) is 24.0. The molecule has 1 aliphatic heterocycles. The summed E-state index contributed by atoms with van der Waals surface area (Å²) in [6.07, 6.45) is 1.43. The van der Waals surface area contributed by atoms with Gasteiger partial charge in [0.05, 0.1) is 24.6 Å². The minimum Gasteiger partial charge on any atom is -0.497 e. The van der Waals surface area contributed by atoms with Crippen LogP contribution in [-0.2, 0) is 14.2 Å². The summed E-state index contributed by atoms with van der Waals surface area (Å²) >= 11 is 0. The summed E-state index contributed by atoms with van der Waals surface area (Å²) in [6.45, 7) is 3.79. The summed E-state index contributed by atoms with van der Waals surface area (Å²) in [4.78, 5) is 39.4. The minimum atomic E-state index is -0.714. The fourth-order valence-electron chi connectivity index (χ4n) is 4.99. The first-order chi connectivity index (χ1) is 20.9. The Hall–Kier alpha value is -5.09. The minimum absolute atomic E-state index is 0.103. The summed E-state index contributed by atoms with van der Waals surface area (Å²) in [5, 5.41) is 0. The number of imidazole rings is 1. The first-order valence-corrected chi connectivity index (χ1v) is 13.9. The van der Waals surface area contributed by atoms with Crippen molar-refractivity contribution >= 4 is 23.1 Å². The Bertz CT molecular complexity index is 1750. The predicted molar refractivity (Wildman–Crippen MR) is 158 cm³/mol. The molecule has 0 saturated carbocycles. The lowest BCUT2D eigenvalue weighted by molar-refractivity contribution is -0.0563. The number of hydrogen-bond donors (Lipinski definition) is 0. The highest BCUT2D eigenvalue weighted by Crippen LogP contribution is 2.35. The number of aromatic nitrogens is 4. The Morgan fingerprint density at radius 2 is 1.51 bits per heavy atom. The predicted octanol–water partition coefficient (Wildman–Crippen LogP) is 5.49. The topological polar surface area (TPSA) is 115 Å². The molecule has 2 aromatic heterocycles. The lowest BCUT2D eigenvalue weighted by Crippen LogP contribution is -2.32. The first-order valence-electron chi connectivity index (χ1n) is 13.9. The number of fused-ring (bicyclic) bond motifs is 1. The van der Waals surface area contributed by atoms with Crippen LogP contribution in [0.4, 0.5) is 0 Å². The Balaban J connectivity index is 1.25. The summed E-state index contributed by atoms with van der Waals surface area (Å²) in [7, 11) is 1.61. The van der Waals surface area contributed by atoms with E-state index in [1.807, 2.05) is 62.4 Å². The molecule has 0 bridgehead atoms. The van der Waals surface area contributed by atoms with Gasteiger partial charge in [-0.1, -0.05) is 35.4 Å². The van der Waals surface area contributed by atoms with Crippen LogP contribution in [0.5, 0.6) is 5.75 Å². The average Bonchev–Trinajstić information content (AvgIpc) is 3.64. The molecule has 0 radical (unpaired) electrons. The number of esters is 2. The van der Waals surface area contributed by atoms with Gasteiger partial charge in [-0.25, -0.2) is 24.5 Å². The van der Waals surface area contributed by atoms with Crippen molar-refractivity contribution in [3.05, 3.63) is 108 Å². The van der Waals surface area contributed by atoms with E-state index in [0.717, 1.165) is 22.4 Å². The maximum atomic E-state index is 13.1. The number of methoxy groups -OCH3 is 1. The van der Waals surface area contributed by atoms with Crippen LogP contribution in [0.1, 0.15) is 44.5 Å². The third kappa shape index (κ3) is 5.96. The molecule has 0 N–H and O–H groups in total. The molecular formula is C33H30N4O6. The Labute approximate surface area is 248 Å². The number of hydrogen-bond acceptors (Lipinski definition) is 9. The fourth-order valence-corrected chi connectivity index (χ4v) is 4.99. The van der Waals surface area contributed by atoms with Crippen LogP contribution in [0.3, 0.4) is 0 Å². The molecule has 5 aromatic rings. The van der Waals surface area contributed by atoms with Crippen molar-refractivity contribution < 1.29 is 28.5 Å². The second-order valence-corrected chi connectivity index (χ2v) is 10.4. The van der Waals surface area contributed by atoms with Crippen LogP contribution < -0.4 is 4.74 Å². The van der Waals surface area contributed by atoms with Gasteiger partial charge in [0.2, 0.25) is 0 Å². The van der Waals surface area contributed by atoms with E-state index >= 15 is 0 Å². The molecular weight excluding hydrogens is 548 g/mol. The standard InChI is InChI=1S/C33H30N4O6/c1-20-4-8-23(9-5-20)32(38)41-17-27-26(43-33(39)24-10-6-21(2)7-11-24)16-28(42-27)37-19-36-30-29(34-18-35-31(30)37)22-12-14-25(40-3)15-13-22/h4-15,18-19,26-28H,16-17H2,1-3H3/t26?,27-,28-/m1/s1. The molecule has 6 rings (SSSR count). The molecule has 0 amide bonds. The zero-order chi connectivity index (χ0) is 29.9. The van der Waals surface area contributed by atoms with E-state index in [2.05, 4.69) is 15.0 Å². The molecule has 0 spiro atoms. The van der Waals surface area contributed by atoms with Crippen molar-refractivity contribution in [2.24, 2.45) is 0 Å². The van der Waals surface area contributed by atoms with E-state index in [1.165, 1.54) is 6.33 Å². The largest absolute Gasteiger partial charge is 0.497 e. The highest BCUT2D eigenvalue weighted by atomic mass is 16.6. The van der Waals surface area contributed by atoms with E-state index < -0.39 is 30.4 Å². The maximum absolute atomic E-state index is 13.1. The molecule has 3 heterocycles. The van der Waals surface area contributed by atoms with Gasteiger partial charge in [0, 0.05) is 12.0 Å². The van der Waals surface area contributed by atoms with Crippen molar-refractivity contribution in [2.45, 2.75) is 38.7 Å². The SMILES string of the molecule is COc1ccc(-c2ncnc3c2ncn3[C@H]2CC(OC(=O)c3ccc(C)cc3)[C@@H](COC(=O)c3ccc(C)cc3)O2)cc1. The number of nitrogens with zero attached hydrogens (tertiary/aromatic N) is 4. The number of benzene rings is 3. The van der Waals surface area contributed by atoms with Crippen molar-refractivity contribution in [3.8, 4) is 17.0 Å². The molecule has 3 atom stereocenters. The van der Waals surface area contributed by atoms with Crippen molar-refractivity contribution in [1.29, 1.82) is 0 Å². The highest BCUT2D eigenvalue weighted by molar-refractivity contribution is 5.90. The summed E-state index contributed by atoms with van der Waals surface area (Å²) in [5.41, 5.74) is 5.60. The van der Waals surface area contributed by atoms with Gasteiger partial charge >= 0.3 is 11.9 Å². The molecule has 1 saturated heterocycles. The molecule has 43 heavy (non-hydrogen) atoms. The highest BCUT2D eigenvalue weighted by Gasteiger charge is 2.40. The quantitative estimate of drug-likeness (QED) is 0.221. The smallest absolute Gasteiger partial charge is 0.338 e. The number of rotatable bonds is 8. The van der Waals surface area contributed by atoms with Crippen molar-refractivity contribution in [1.82, 2.24) is 19.5 Å². The molecule has 10 nitrogen and oxygen atoms in total. The summed E-state index contributed by atoms with van der Waals surface area (Å²) in [6, 6.07) is 21.8. The van der Waals surface area contributed by atoms with Gasteiger partial charge < -0.3 is 18.9 Å². The first kappa shape index (κ1) is 28.0. The molecule has 1 aliphatic rings. The molecule has 3 aromatic carbocycles. The third-order valence-corrected chi connectivity index (χ3v) is 7.42. The van der Waals surface area contributed by atoms with E-state index in [-0.39, 0.29) is 6.61 Å². The van der Waals surface area contributed by atoms with E-state index in [1.54, 1.807) is 42.3 Å². The van der Waals surface area contributed by atoms with Gasteiger partial charge in [0.15, 0.2) is 5.65 Å². The number of ether oxygens (including phenoxy) is 4. The van der Waals surface area contributed by atoms with Crippen LogP contribution >= 0.6 is 0 Å². The summed E-state index contributed by atoms with van der Waals surface area (Å²) in [5.74, 6) is -0.233. The van der Waals surface area contributed by atoms with Crippen LogP contribution in [0.25, 0.3) is 22.4 Å². The van der Waals surface area contributed by atoms with E-state index in [4.69, 9.17) is 18.9 Å². The lowest BCUT2D eigenvalue weighted by Gasteiger charge is -2.19. The zero-order valence-electron chi connectivity index (χ0n) is 24.0. The number of carbonyl (C=O) groups excluding carboxylic acids is 2. The fraction of sp³-hybridized carbons (Fsp3) is 0.242. The maximum Gasteiger partial charge on any atom is 0.338 e. The Morgan fingerprint density at radius 1 is 0.860 bits per heavy atom. The number of aryl methyl sites for hydroxylation is 2. The monoisotopic (exact) mass is 578 g/mol. The van der Waals surface area contributed by atoms with Gasteiger partial charge in [0.1, 0.15) is 48.3 Å². The lowest BCUT2D eigenvalue weighted by atomic mass is 10.1. The second kappa shape index (κ2) is 12.0. The molecule has 0 aliphatic carbocycles. The van der Waals surface area contributed by atoms with Gasteiger partial charge in [-0.3, -0.25) is 4.57 Å². The normalized spacial score (nSPS) is 18.0. The van der Waals surface area contributed by atoms with E-state index in [9.17, 15) is 9.59 Å². The Morgan fingerprint density at radius 3 is 2.16 bits per heavy atom. The van der Waals surface area contributed by atoms with Gasteiger partial charge in [-0.15, -0.1) is 0 Å². The van der Waals surface area contributed by atoms with Gasteiger partial charge in [-0.05, 0) is 62.4 Å². The molecule has 1 unspecified atom stereocenters. The van der Waals surface area contributed by atoms with Crippen LogP contribution in [0.2, 0.25) is 0 Å².